The van der Waals surface area contributed by atoms with Crippen LogP contribution in [-0.2, 0) is 4.79 Å². The van der Waals surface area contributed by atoms with Crippen molar-refractivity contribution in [1.29, 1.82) is 0 Å². The molecule has 0 aliphatic heterocycles. The van der Waals surface area contributed by atoms with Gasteiger partial charge in [0.15, 0.2) is 5.78 Å². The van der Waals surface area contributed by atoms with Crippen LogP contribution in [0, 0.1) is 6.92 Å². The molecule has 0 bridgehead atoms. The first-order valence-electron chi connectivity index (χ1n) is 9.48. The summed E-state index contributed by atoms with van der Waals surface area (Å²) in [6.45, 7) is 5.29. The van der Waals surface area contributed by atoms with Gasteiger partial charge in [0.05, 0.1) is 5.69 Å². The second kappa shape index (κ2) is 8.65. The third-order valence-electron chi connectivity index (χ3n) is 4.69. The summed E-state index contributed by atoms with van der Waals surface area (Å²) in [4.78, 5) is 36.9. The van der Waals surface area contributed by atoms with E-state index in [9.17, 15) is 14.4 Å². The fourth-order valence-corrected chi connectivity index (χ4v) is 3.04. The van der Waals surface area contributed by atoms with Crippen molar-refractivity contribution < 1.29 is 9.59 Å². The van der Waals surface area contributed by atoms with Gasteiger partial charge < -0.3 is 5.32 Å². The summed E-state index contributed by atoms with van der Waals surface area (Å²) in [7, 11) is 0. The number of carbonyl (C=O) groups excluding carboxylic acids is 2. The zero-order valence-corrected chi connectivity index (χ0v) is 16.7. The molecule has 0 aliphatic carbocycles. The maximum absolute atomic E-state index is 12.9. The summed E-state index contributed by atoms with van der Waals surface area (Å²) in [6.07, 6.45) is 0.391. The van der Waals surface area contributed by atoms with Gasteiger partial charge in [-0.3, -0.25) is 14.4 Å². The van der Waals surface area contributed by atoms with Gasteiger partial charge >= 0.3 is 0 Å². The van der Waals surface area contributed by atoms with E-state index in [1.54, 1.807) is 30.3 Å². The van der Waals surface area contributed by atoms with Crippen LogP contribution in [-0.4, -0.2) is 21.5 Å². The second-order valence-electron chi connectivity index (χ2n) is 6.92. The molecule has 0 saturated heterocycles. The smallest absolute Gasteiger partial charge is 0.267 e. The molecule has 6 nitrogen and oxygen atoms in total. The van der Waals surface area contributed by atoms with Gasteiger partial charge in [0.1, 0.15) is 6.04 Å². The molecule has 1 atom stereocenters. The van der Waals surface area contributed by atoms with E-state index in [4.69, 9.17) is 0 Å². The molecule has 0 fully saturated rings. The Hall–Kier alpha value is -3.54. The lowest BCUT2D eigenvalue weighted by Crippen LogP contribution is -2.34. The SMILES string of the molecule is CC[C@@H](C(=O)Nc1cccc(C(C)=O)c1)n1nc(-c2ccc(C)cc2)ccc1=O. The van der Waals surface area contributed by atoms with E-state index >= 15 is 0 Å². The van der Waals surface area contributed by atoms with Crippen molar-refractivity contribution >= 4 is 17.4 Å². The number of carbonyl (C=O) groups is 2. The fraction of sp³-hybridized carbons (Fsp3) is 0.217. The van der Waals surface area contributed by atoms with Crippen LogP contribution in [0.5, 0.6) is 0 Å². The van der Waals surface area contributed by atoms with E-state index in [-0.39, 0.29) is 17.2 Å². The number of amides is 1. The molecule has 2 aromatic carbocycles. The van der Waals surface area contributed by atoms with E-state index in [0.29, 0.717) is 23.4 Å². The molecular formula is C23H23N3O3. The molecule has 1 amide bonds. The van der Waals surface area contributed by atoms with Crippen LogP contribution in [0.4, 0.5) is 5.69 Å². The first-order chi connectivity index (χ1) is 13.9. The van der Waals surface area contributed by atoms with E-state index in [0.717, 1.165) is 11.1 Å². The van der Waals surface area contributed by atoms with Crippen LogP contribution < -0.4 is 10.9 Å². The molecule has 0 unspecified atom stereocenters. The predicted molar refractivity (Wildman–Crippen MR) is 113 cm³/mol. The molecular weight excluding hydrogens is 366 g/mol. The number of benzene rings is 2. The molecule has 6 heteroatoms. The molecule has 1 heterocycles. The van der Waals surface area contributed by atoms with Crippen molar-refractivity contribution in [1.82, 2.24) is 9.78 Å². The van der Waals surface area contributed by atoms with E-state index < -0.39 is 6.04 Å². The number of ketones is 1. The van der Waals surface area contributed by atoms with Gasteiger partial charge in [-0.25, -0.2) is 4.68 Å². The largest absolute Gasteiger partial charge is 0.324 e. The number of nitrogens with zero attached hydrogens (tertiary/aromatic N) is 2. The topological polar surface area (TPSA) is 81.1 Å². The Morgan fingerprint density at radius 2 is 1.79 bits per heavy atom. The summed E-state index contributed by atoms with van der Waals surface area (Å²) in [5.74, 6) is -0.444. The number of rotatable bonds is 6. The molecule has 3 rings (SSSR count). The van der Waals surface area contributed by atoms with Crippen LogP contribution >= 0.6 is 0 Å². The van der Waals surface area contributed by atoms with Gasteiger partial charge in [0.25, 0.3) is 5.56 Å². The van der Waals surface area contributed by atoms with Crippen LogP contribution in [0.15, 0.2) is 65.5 Å². The molecule has 0 saturated carbocycles. The second-order valence-corrected chi connectivity index (χ2v) is 6.92. The van der Waals surface area contributed by atoms with Gasteiger partial charge in [-0.1, -0.05) is 48.9 Å². The zero-order valence-electron chi connectivity index (χ0n) is 16.7. The van der Waals surface area contributed by atoms with Gasteiger partial charge in [-0.05, 0) is 38.5 Å². The summed E-state index contributed by atoms with van der Waals surface area (Å²) < 4.78 is 1.22. The predicted octanol–water partition coefficient (Wildman–Crippen LogP) is 4.01. The van der Waals surface area contributed by atoms with Crippen molar-refractivity contribution in [3.8, 4) is 11.3 Å². The van der Waals surface area contributed by atoms with Gasteiger partial charge in [0.2, 0.25) is 5.91 Å². The highest BCUT2D eigenvalue weighted by molar-refractivity contribution is 5.98. The minimum atomic E-state index is -0.770. The Balaban J connectivity index is 1.91. The molecule has 29 heavy (non-hydrogen) atoms. The van der Waals surface area contributed by atoms with E-state index in [1.165, 1.54) is 17.7 Å². The highest BCUT2D eigenvalue weighted by atomic mass is 16.2. The van der Waals surface area contributed by atoms with Gasteiger partial charge in [-0.2, -0.15) is 5.10 Å². The molecule has 3 aromatic rings. The molecule has 0 spiro atoms. The number of hydrogen-bond acceptors (Lipinski definition) is 4. The maximum atomic E-state index is 12.9. The van der Waals surface area contributed by atoms with Crippen molar-refractivity contribution in [2.24, 2.45) is 0 Å². The Morgan fingerprint density at radius 1 is 1.07 bits per heavy atom. The summed E-state index contributed by atoms with van der Waals surface area (Å²) in [5.41, 5.74) is 3.28. The minimum absolute atomic E-state index is 0.0863. The number of Topliss-reactive ketones (excluding diaryl/α,β-unsaturated/α-hetero) is 1. The number of aryl methyl sites for hydroxylation is 1. The monoisotopic (exact) mass is 389 g/mol. The Labute approximate surface area is 169 Å². The first-order valence-corrected chi connectivity index (χ1v) is 9.48. The van der Waals surface area contributed by atoms with Crippen molar-refractivity contribution in [2.75, 3.05) is 5.32 Å². The number of nitrogens with one attached hydrogen (secondary N) is 1. The molecule has 148 valence electrons. The molecule has 0 aliphatic rings. The third kappa shape index (κ3) is 4.66. The molecule has 1 aromatic heterocycles. The quantitative estimate of drug-likeness (QED) is 0.646. The fourth-order valence-electron chi connectivity index (χ4n) is 3.04. The lowest BCUT2D eigenvalue weighted by atomic mass is 10.1. The lowest BCUT2D eigenvalue weighted by molar-refractivity contribution is -0.119. The van der Waals surface area contributed by atoms with Crippen molar-refractivity contribution in [2.45, 2.75) is 33.2 Å². The minimum Gasteiger partial charge on any atom is -0.324 e. The Bertz CT molecular complexity index is 1100. The maximum Gasteiger partial charge on any atom is 0.267 e. The summed E-state index contributed by atoms with van der Waals surface area (Å²) in [6, 6.07) is 16.8. The normalized spacial score (nSPS) is 11.7. The lowest BCUT2D eigenvalue weighted by Gasteiger charge is -2.18. The molecule has 1 N–H and O–H groups in total. The number of anilines is 1. The summed E-state index contributed by atoms with van der Waals surface area (Å²) in [5, 5.41) is 7.23. The Morgan fingerprint density at radius 3 is 2.45 bits per heavy atom. The zero-order chi connectivity index (χ0) is 21.0. The van der Waals surface area contributed by atoms with Crippen LogP contribution in [0.1, 0.15) is 42.2 Å². The highest BCUT2D eigenvalue weighted by Gasteiger charge is 2.21. The Kier molecular flexibility index (Phi) is 6.02. The third-order valence-corrected chi connectivity index (χ3v) is 4.69. The van der Waals surface area contributed by atoms with Gasteiger partial charge in [-0.15, -0.1) is 0 Å². The number of hydrogen-bond donors (Lipinski definition) is 1. The van der Waals surface area contributed by atoms with Crippen LogP contribution in [0.25, 0.3) is 11.3 Å². The van der Waals surface area contributed by atoms with E-state index in [2.05, 4.69) is 10.4 Å². The average molecular weight is 389 g/mol. The van der Waals surface area contributed by atoms with Crippen LogP contribution in [0.3, 0.4) is 0 Å². The summed E-state index contributed by atoms with van der Waals surface area (Å²) >= 11 is 0. The molecule has 0 radical (unpaired) electrons. The van der Waals surface area contributed by atoms with Gasteiger partial charge in [0, 0.05) is 22.9 Å². The van der Waals surface area contributed by atoms with Crippen molar-refractivity contribution in [3.63, 3.8) is 0 Å². The standard InChI is InChI=1S/C23H23N3O3/c1-4-21(23(29)24-19-7-5-6-18(14-19)16(3)27)26-22(28)13-12-20(25-26)17-10-8-15(2)9-11-17/h5-14,21H,4H2,1-3H3,(H,24,29)/t21-/m0/s1. The van der Waals surface area contributed by atoms with E-state index in [1.807, 2.05) is 38.1 Å². The van der Waals surface area contributed by atoms with Crippen LogP contribution in [0.2, 0.25) is 0 Å². The number of aromatic nitrogens is 2. The highest BCUT2D eigenvalue weighted by Crippen LogP contribution is 2.19. The first kappa shape index (κ1) is 20.2. The average Bonchev–Trinajstić information content (AvgIpc) is 2.71. The van der Waals surface area contributed by atoms with Crippen molar-refractivity contribution in [3.05, 3.63) is 82.1 Å².